The Labute approximate surface area is 117 Å². The van der Waals surface area contributed by atoms with Crippen LogP contribution in [0.15, 0.2) is 28.7 Å². The van der Waals surface area contributed by atoms with Gasteiger partial charge in [0.15, 0.2) is 0 Å². The molecule has 1 aliphatic rings. The SMILES string of the molecule is CCC(C)NC(=O)C1(c2ccc(Br)cc2)CCC1. The van der Waals surface area contributed by atoms with Gasteiger partial charge >= 0.3 is 0 Å². The van der Waals surface area contributed by atoms with Crippen LogP contribution in [0.3, 0.4) is 0 Å². The minimum Gasteiger partial charge on any atom is -0.353 e. The number of hydrogen-bond donors (Lipinski definition) is 1. The Balaban J connectivity index is 2.20. The molecular weight excluding hydrogens is 290 g/mol. The molecule has 1 unspecified atom stereocenters. The van der Waals surface area contributed by atoms with E-state index in [0.29, 0.717) is 0 Å². The molecule has 18 heavy (non-hydrogen) atoms. The predicted molar refractivity (Wildman–Crippen MR) is 77.6 cm³/mol. The van der Waals surface area contributed by atoms with Crippen LogP contribution in [0.1, 0.15) is 45.1 Å². The molecule has 1 aromatic rings. The summed E-state index contributed by atoms with van der Waals surface area (Å²) in [5.41, 5.74) is 0.877. The number of amides is 1. The van der Waals surface area contributed by atoms with Gasteiger partial charge in [0.2, 0.25) is 5.91 Å². The Morgan fingerprint density at radius 2 is 2.00 bits per heavy atom. The minimum atomic E-state index is -0.274. The number of benzene rings is 1. The van der Waals surface area contributed by atoms with Gasteiger partial charge in [-0.25, -0.2) is 0 Å². The number of rotatable bonds is 4. The number of carbonyl (C=O) groups excluding carboxylic acids is 1. The van der Waals surface area contributed by atoms with E-state index in [9.17, 15) is 4.79 Å². The van der Waals surface area contributed by atoms with E-state index in [2.05, 4.69) is 47.2 Å². The Morgan fingerprint density at radius 3 is 2.44 bits per heavy atom. The number of hydrogen-bond acceptors (Lipinski definition) is 1. The second kappa shape index (κ2) is 5.43. The molecule has 1 atom stereocenters. The molecule has 0 saturated heterocycles. The van der Waals surface area contributed by atoms with Gasteiger partial charge in [-0.15, -0.1) is 0 Å². The third-order valence-corrected chi connectivity index (χ3v) is 4.56. The molecule has 98 valence electrons. The van der Waals surface area contributed by atoms with Crippen LogP contribution in [0.5, 0.6) is 0 Å². The zero-order chi connectivity index (χ0) is 13.2. The topological polar surface area (TPSA) is 29.1 Å². The summed E-state index contributed by atoms with van der Waals surface area (Å²) in [6.07, 6.45) is 4.06. The molecule has 2 nitrogen and oxygen atoms in total. The van der Waals surface area contributed by atoms with Crippen molar-refractivity contribution in [1.82, 2.24) is 5.32 Å². The summed E-state index contributed by atoms with van der Waals surface area (Å²) in [5, 5.41) is 3.13. The van der Waals surface area contributed by atoms with Crippen LogP contribution in [0.25, 0.3) is 0 Å². The zero-order valence-corrected chi connectivity index (χ0v) is 12.6. The third-order valence-electron chi connectivity index (χ3n) is 4.03. The summed E-state index contributed by atoms with van der Waals surface area (Å²) >= 11 is 3.44. The summed E-state index contributed by atoms with van der Waals surface area (Å²) in [6.45, 7) is 4.16. The monoisotopic (exact) mass is 309 g/mol. The summed E-state index contributed by atoms with van der Waals surface area (Å²) in [5.74, 6) is 0.199. The van der Waals surface area contributed by atoms with Gasteiger partial charge in [-0.05, 0) is 43.9 Å². The predicted octanol–water partition coefficient (Wildman–Crippen LogP) is 3.79. The van der Waals surface area contributed by atoms with Crippen molar-refractivity contribution in [3.05, 3.63) is 34.3 Å². The Morgan fingerprint density at radius 1 is 1.39 bits per heavy atom. The van der Waals surface area contributed by atoms with Crippen LogP contribution < -0.4 is 5.32 Å². The Hall–Kier alpha value is -0.830. The standard InChI is InChI=1S/C15H20BrNO/c1-3-11(2)17-14(18)15(9-4-10-15)12-5-7-13(16)8-6-12/h5-8,11H,3-4,9-10H2,1-2H3,(H,17,18). The van der Waals surface area contributed by atoms with E-state index in [1.807, 2.05) is 12.1 Å². The van der Waals surface area contributed by atoms with Crippen molar-refractivity contribution in [1.29, 1.82) is 0 Å². The first-order valence-corrected chi connectivity index (χ1v) is 7.45. The Kier molecular flexibility index (Phi) is 4.10. The molecule has 3 heteroatoms. The molecule has 0 heterocycles. The summed E-state index contributed by atoms with van der Waals surface area (Å²) in [7, 11) is 0. The highest BCUT2D eigenvalue weighted by molar-refractivity contribution is 9.10. The van der Waals surface area contributed by atoms with E-state index in [4.69, 9.17) is 0 Å². The van der Waals surface area contributed by atoms with Crippen LogP contribution >= 0.6 is 15.9 Å². The fourth-order valence-electron chi connectivity index (χ4n) is 2.41. The first-order chi connectivity index (χ1) is 8.58. The van der Waals surface area contributed by atoms with Crippen LogP contribution in [-0.4, -0.2) is 11.9 Å². The summed E-state index contributed by atoms with van der Waals surface area (Å²) in [6, 6.07) is 8.43. The van der Waals surface area contributed by atoms with Gasteiger partial charge < -0.3 is 5.32 Å². The van der Waals surface area contributed by atoms with E-state index in [1.54, 1.807) is 0 Å². The van der Waals surface area contributed by atoms with Gasteiger partial charge in [-0.1, -0.05) is 41.4 Å². The minimum absolute atomic E-state index is 0.199. The lowest BCUT2D eigenvalue weighted by Gasteiger charge is -2.41. The second-order valence-electron chi connectivity index (χ2n) is 5.23. The summed E-state index contributed by atoms with van der Waals surface area (Å²) in [4.78, 5) is 12.5. The maximum absolute atomic E-state index is 12.5. The summed E-state index contributed by atoms with van der Waals surface area (Å²) < 4.78 is 1.06. The molecule has 1 N–H and O–H groups in total. The molecule has 1 saturated carbocycles. The zero-order valence-electron chi connectivity index (χ0n) is 11.0. The highest BCUT2D eigenvalue weighted by Gasteiger charge is 2.45. The van der Waals surface area contributed by atoms with E-state index in [-0.39, 0.29) is 17.4 Å². The maximum atomic E-state index is 12.5. The van der Waals surface area contributed by atoms with Gasteiger partial charge in [0.25, 0.3) is 0 Å². The first-order valence-electron chi connectivity index (χ1n) is 6.65. The van der Waals surface area contributed by atoms with Crippen molar-refractivity contribution in [3.63, 3.8) is 0 Å². The van der Waals surface area contributed by atoms with E-state index in [1.165, 1.54) is 0 Å². The molecule has 1 aliphatic carbocycles. The average molecular weight is 310 g/mol. The second-order valence-corrected chi connectivity index (χ2v) is 6.14. The highest BCUT2D eigenvalue weighted by Crippen LogP contribution is 2.44. The third kappa shape index (κ3) is 2.46. The molecule has 0 bridgehead atoms. The molecular formula is C15H20BrNO. The van der Waals surface area contributed by atoms with Crippen molar-refractivity contribution in [2.45, 2.75) is 51.0 Å². The number of nitrogens with one attached hydrogen (secondary N) is 1. The first kappa shape index (κ1) is 13.6. The lowest BCUT2D eigenvalue weighted by molar-refractivity contribution is -0.130. The number of halogens is 1. The molecule has 1 fully saturated rings. The lowest BCUT2D eigenvalue weighted by Crippen LogP contribution is -2.51. The smallest absolute Gasteiger partial charge is 0.230 e. The van der Waals surface area contributed by atoms with Gasteiger partial charge in [-0.3, -0.25) is 4.79 Å². The van der Waals surface area contributed by atoms with Gasteiger partial charge in [0.1, 0.15) is 0 Å². The largest absolute Gasteiger partial charge is 0.353 e. The average Bonchev–Trinajstić information content (AvgIpc) is 2.30. The Bertz CT molecular complexity index is 423. The highest BCUT2D eigenvalue weighted by atomic mass is 79.9. The van der Waals surface area contributed by atoms with E-state index >= 15 is 0 Å². The van der Waals surface area contributed by atoms with Crippen molar-refractivity contribution < 1.29 is 4.79 Å². The van der Waals surface area contributed by atoms with E-state index < -0.39 is 0 Å². The lowest BCUT2D eigenvalue weighted by atomic mass is 9.63. The molecule has 0 aromatic heterocycles. The normalized spacial score (nSPS) is 18.8. The molecule has 0 spiro atoms. The van der Waals surface area contributed by atoms with Crippen molar-refractivity contribution in [3.8, 4) is 0 Å². The fraction of sp³-hybridized carbons (Fsp3) is 0.533. The van der Waals surface area contributed by atoms with Crippen LogP contribution in [-0.2, 0) is 10.2 Å². The van der Waals surface area contributed by atoms with Crippen LogP contribution in [0.4, 0.5) is 0 Å². The van der Waals surface area contributed by atoms with Gasteiger partial charge in [-0.2, -0.15) is 0 Å². The van der Waals surface area contributed by atoms with Crippen molar-refractivity contribution in [2.75, 3.05) is 0 Å². The fourth-order valence-corrected chi connectivity index (χ4v) is 2.67. The van der Waals surface area contributed by atoms with E-state index in [0.717, 1.165) is 35.7 Å². The van der Waals surface area contributed by atoms with Gasteiger partial charge in [0.05, 0.1) is 5.41 Å². The van der Waals surface area contributed by atoms with Crippen LogP contribution in [0.2, 0.25) is 0 Å². The van der Waals surface area contributed by atoms with Crippen molar-refractivity contribution >= 4 is 21.8 Å². The molecule has 1 amide bonds. The van der Waals surface area contributed by atoms with Gasteiger partial charge in [0, 0.05) is 10.5 Å². The quantitative estimate of drug-likeness (QED) is 0.901. The van der Waals surface area contributed by atoms with Crippen molar-refractivity contribution in [2.24, 2.45) is 0 Å². The molecule has 0 aliphatic heterocycles. The molecule has 2 rings (SSSR count). The molecule has 0 radical (unpaired) electrons. The number of carbonyl (C=O) groups is 1. The maximum Gasteiger partial charge on any atom is 0.230 e. The van der Waals surface area contributed by atoms with Crippen LogP contribution in [0, 0.1) is 0 Å². The molecule has 1 aromatic carbocycles.